The van der Waals surface area contributed by atoms with Crippen molar-refractivity contribution in [1.29, 1.82) is 0 Å². The number of aliphatic carboxylic acids is 1. The van der Waals surface area contributed by atoms with Gasteiger partial charge in [-0.05, 0) is 423 Å². The first-order chi connectivity index (χ1) is 63.4. The fourth-order valence-corrected chi connectivity index (χ4v) is 38.1. The molecule has 0 spiro atoms. The summed E-state index contributed by atoms with van der Waals surface area (Å²) in [6.45, 7) is 68.4. The van der Waals surface area contributed by atoms with Gasteiger partial charge in [-0.1, -0.05) is 250 Å². The molecule has 13 fully saturated rings. The van der Waals surface area contributed by atoms with Crippen LogP contribution in [0.5, 0.6) is 0 Å². The molecule has 13 unspecified atom stereocenters. The molecule has 17 aliphatic rings. The van der Waals surface area contributed by atoms with Crippen LogP contribution >= 0.6 is 0 Å². The number of carbonyl (C=O) groups is 6. The molecule has 29 atom stereocenters. The van der Waals surface area contributed by atoms with Crippen LogP contribution in [0.15, 0.2) is 93.2 Å². The molecule has 11 nitrogen and oxygen atoms in total. The van der Waals surface area contributed by atoms with Gasteiger partial charge in [0.05, 0.1) is 19.8 Å². The van der Waals surface area contributed by atoms with E-state index in [1.54, 1.807) is 23.6 Å². The molecule has 1 saturated heterocycles. The van der Waals surface area contributed by atoms with E-state index < -0.39 is 5.97 Å². The Morgan fingerprint density at radius 3 is 0.993 bits per heavy atom. The number of aliphatic hydroxyl groups is 2. The van der Waals surface area contributed by atoms with Crippen LogP contribution in [-0.4, -0.2) is 101 Å². The van der Waals surface area contributed by atoms with E-state index in [0.717, 1.165) is 169 Å². The summed E-state index contributed by atoms with van der Waals surface area (Å²) in [6.07, 6.45) is 63.7. The topological polar surface area (TPSA) is 182 Å². The summed E-state index contributed by atoms with van der Waals surface area (Å²) in [6, 6.07) is 0. The Hall–Kier alpha value is -3.45. The summed E-state index contributed by atoms with van der Waals surface area (Å²) >= 11 is 0. The second-order valence-corrected chi connectivity index (χ2v) is 55.0. The number of carbonyl (C=O) groups excluding carboxylic acids is 5. The predicted octanol–water partition coefficient (Wildman–Crippen LogP) is 27.7. The van der Waals surface area contributed by atoms with E-state index >= 15 is 0 Å². The van der Waals surface area contributed by atoms with Gasteiger partial charge in [-0.15, -0.1) is 0 Å². The molecule has 1 aliphatic heterocycles. The molecule has 0 bridgehead atoms. The monoisotopic (exact) mass is 1930 g/mol. The van der Waals surface area contributed by atoms with Gasteiger partial charge >= 0.3 is 30.8 Å². The van der Waals surface area contributed by atoms with Gasteiger partial charge in [0, 0.05) is 59.9 Å². The average Bonchev–Trinajstić information content (AvgIpc) is 1.41. The van der Waals surface area contributed by atoms with E-state index in [1.165, 1.54) is 142 Å². The van der Waals surface area contributed by atoms with Crippen LogP contribution in [0, 0.1) is 181 Å². The van der Waals surface area contributed by atoms with Crippen LogP contribution in [-0.2, 0) is 38.2 Å². The number of carboxylic acid groups (broad SMARTS) is 1. The van der Waals surface area contributed by atoms with E-state index in [9.17, 15) is 39.0 Å². The van der Waals surface area contributed by atoms with Crippen molar-refractivity contribution in [3.8, 4) is 0 Å². The first-order valence-electron chi connectivity index (χ1n) is 56.2. The summed E-state index contributed by atoms with van der Waals surface area (Å²) in [5, 5.41) is 29.3. The maximum atomic E-state index is 12.8. The molecule has 0 amide bonds. The Balaban J connectivity index is 0.000000203. The Labute approximate surface area is 873 Å². The molecule has 1 heterocycles. The average molecular weight is 1930 g/mol. The SMILES string of the molecule is C.C/C(=C/CCC(C)[C@@H]1CC[C@]2(C)C3=CCC4C(C)(C)C(=O)CC[C@]4(C)C3CC[C@@]12C)C(=O)O.C/C(=C/CCC(C)[C@@H]1CC[C@]2(C)C3=CCC4C(C)(C)C(O)CC[C@]4(C)C3CC[C@@]12C)CO.C/C(C=O)=C/CCC(C)[C@@H]1CC[C@]2(C)C3=CCC4C(C)(C)C(=O)CC[C@]4(C)C3CC[C@@]12C.C1CCOC1.COC(=O)/C(C)=C\CCC(C)[C@@H]1CC[C@]2(C)C3=CCC4C(C)(C)C(=O)CC[C@]4(C)C3CC[C@@]12C.[AlH3].[H-].[Li+]. The Morgan fingerprint density at radius 2 is 0.712 bits per heavy atom. The number of hydrogen-bond acceptors (Lipinski definition) is 10. The molecule has 0 aromatic rings. The molecular weight excluding hydrogens is 1720 g/mol. The number of rotatable bonds is 20. The zero-order valence-electron chi connectivity index (χ0n) is 94.1. The van der Waals surface area contributed by atoms with E-state index in [-0.39, 0.29) is 112 Å². The van der Waals surface area contributed by atoms with Gasteiger partial charge in [0.25, 0.3) is 0 Å². The fourth-order valence-electron chi connectivity index (χ4n) is 38.1. The van der Waals surface area contributed by atoms with Gasteiger partial charge < -0.3 is 26.2 Å². The Kier molecular flexibility index (Phi) is 36.9. The van der Waals surface area contributed by atoms with Crippen molar-refractivity contribution in [3.63, 3.8) is 0 Å². The maximum absolute atomic E-state index is 12.8. The number of fused-ring (bicyclic) bond motifs is 20. The van der Waals surface area contributed by atoms with E-state index in [1.807, 2.05) is 32.4 Å². The molecule has 0 aromatic heterocycles. The molecular formula is C126H206AlLiO11. The number of aldehydes is 1. The summed E-state index contributed by atoms with van der Waals surface area (Å²) in [5.41, 5.74) is 13.3. The fraction of sp³-hybridized carbons (Fsp3) is 0.825. The Bertz CT molecular complexity index is 4670. The minimum atomic E-state index is -0.801. The van der Waals surface area contributed by atoms with Crippen molar-refractivity contribution in [2.75, 3.05) is 26.9 Å². The van der Waals surface area contributed by atoms with Crippen LogP contribution in [0.1, 0.15) is 447 Å². The van der Waals surface area contributed by atoms with E-state index in [2.05, 4.69) is 209 Å². The summed E-state index contributed by atoms with van der Waals surface area (Å²) in [7, 11) is 1.45. The first kappa shape index (κ1) is 117. The summed E-state index contributed by atoms with van der Waals surface area (Å²) < 4.78 is 9.80. The molecule has 0 radical (unpaired) electrons. The molecule has 16 aliphatic carbocycles. The van der Waals surface area contributed by atoms with Crippen LogP contribution in [0.4, 0.5) is 0 Å². The normalized spacial score (nSPS) is 42.4. The second kappa shape index (κ2) is 43.6. The van der Waals surface area contributed by atoms with Crippen molar-refractivity contribution in [2.45, 2.75) is 451 Å². The zero-order valence-corrected chi connectivity index (χ0v) is 93.1. The molecule has 0 aromatic carbocycles. The molecule has 3 N–H and O–H groups in total. The first-order valence-corrected chi connectivity index (χ1v) is 56.2. The number of hydrogen-bond donors (Lipinski definition) is 3. The smallest absolute Gasteiger partial charge is 1.00 e. The third-order valence-electron chi connectivity index (χ3n) is 48.0. The molecule has 780 valence electrons. The number of aliphatic hydroxyl groups excluding tert-OH is 2. The van der Waals surface area contributed by atoms with E-state index in [4.69, 9.17) is 14.6 Å². The minimum absolute atomic E-state index is 0. The zero-order chi connectivity index (χ0) is 100. The summed E-state index contributed by atoms with van der Waals surface area (Å²) in [4.78, 5) is 72.2. The quantitative estimate of drug-likeness (QED) is 0.0347. The number of ether oxygens (including phenoxy) is 2. The van der Waals surface area contributed by atoms with Crippen molar-refractivity contribution < 1.29 is 73.8 Å². The minimum Gasteiger partial charge on any atom is -1.00 e. The van der Waals surface area contributed by atoms with Gasteiger partial charge in [0.15, 0.2) is 17.4 Å². The van der Waals surface area contributed by atoms with Crippen LogP contribution in [0.25, 0.3) is 0 Å². The van der Waals surface area contributed by atoms with Crippen molar-refractivity contribution in [3.05, 3.63) is 93.2 Å². The van der Waals surface area contributed by atoms with Crippen molar-refractivity contribution in [2.24, 2.45) is 181 Å². The van der Waals surface area contributed by atoms with E-state index in [0.29, 0.717) is 132 Å². The summed E-state index contributed by atoms with van der Waals surface area (Å²) in [5.74, 6) is 10.7. The van der Waals surface area contributed by atoms with Crippen LogP contribution < -0.4 is 18.9 Å². The molecule has 139 heavy (non-hydrogen) atoms. The van der Waals surface area contributed by atoms with Crippen LogP contribution in [0.3, 0.4) is 0 Å². The molecule has 12 saturated carbocycles. The number of allylic oxidation sites excluding steroid dienone is 13. The van der Waals surface area contributed by atoms with Crippen molar-refractivity contribution in [1.82, 2.24) is 0 Å². The Morgan fingerprint density at radius 1 is 0.424 bits per heavy atom. The third kappa shape index (κ3) is 20.0. The van der Waals surface area contributed by atoms with Gasteiger partial charge in [0.1, 0.15) is 23.6 Å². The number of carboxylic acids is 1. The molecule has 17 rings (SSSR count). The predicted molar refractivity (Wildman–Crippen MR) is 576 cm³/mol. The molecule has 13 heteroatoms. The van der Waals surface area contributed by atoms with Crippen molar-refractivity contribution >= 4 is 52.9 Å². The number of ketones is 3. The number of Topliss-reactive ketones (excluding diaryl/α,β-unsaturated/α-hetero) is 3. The standard InChI is InChI=1S/C31H48O3.C30H46O3.C30H50O2.C30H46O2.C4H8O.CH4.Al.Li.4H/c1-20(10-9-11-21(2)27(33)34-8)22-14-18-31(7)24-12-13-25-28(3,4)26(32)16-17-29(25,5)23(24)15-19-30(22,31)6;1-19(9-8-10-20(2)26(32)33)21-13-17-30(7)23-11-12-24-27(3,4)25(31)15-16-28(24,5)22(23)14-18-29(21,30)6;2*1-20(19-31)9-8-10-21(2)22-13-17-30(7)24-11-12-25-27(3,4)26(32)15-16-28(25,5)23(24)14-18-29(22,30)6;1-2-4-5-3-1;;;;;;;/h11-12,20,22-23,25H,9-10,13-19H2,1-8H3;10-11,19,21-22,24H,8-9,12-18H2,1-7H3,(H,32,33);9,11,21-23,25-26,31-32H,8,10,12-19H2,1-7H3;9,11,19,21-23,25H,8,10,12-18H2,1-7H3;1-4H2;1H4;;;;;;/q;;;;;;;+1;;;;-1/b21-11-;20-10-;2*20-9-;;;;;;;;/t20?,22-,23?,25?,29+,30-,31+;19?,21-,22?,24?,28+,29-,30+;21?,22-,23?,25?,26?,28+,29-,30+;21?,22-,23?,25?,28+,29-,30+;;;;;;;;/m0000......../s1. The largest absolute Gasteiger partial charge is 1.00 e. The second-order valence-electron chi connectivity index (χ2n) is 55.0. The third-order valence-corrected chi connectivity index (χ3v) is 48.0. The maximum Gasteiger partial charge on any atom is 1.00 e. The van der Waals surface area contributed by atoms with Gasteiger partial charge in [-0.25, -0.2) is 9.59 Å². The van der Waals surface area contributed by atoms with Crippen LogP contribution in [0.2, 0.25) is 0 Å². The van der Waals surface area contributed by atoms with Gasteiger partial charge in [-0.2, -0.15) is 0 Å². The van der Waals surface area contributed by atoms with Gasteiger partial charge in [-0.3, -0.25) is 19.2 Å². The van der Waals surface area contributed by atoms with Gasteiger partial charge in [0.2, 0.25) is 0 Å². The number of methoxy groups -OCH3 is 1. The number of esters is 1.